The highest BCUT2D eigenvalue weighted by atomic mass is 16.1. The Morgan fingerprint density at radius 1 is 1.18 bits per heavy atom. The van der Waals surface area contributed by atoms with E-state index in [-0.39, 0.29) is 5.91 Å². The predicted octanol–water partition coefficient (Wildman–Crippen LogP) is 2.62. The maximum atomic E-state index is 12.1. The number of hydrogen-bond donors (Lipinski definition) is 2. The zero-order valence-corrected chi connectivity index (χ0v) is 13.3. The van der Waals surface area contributed by atoms with Crippen LogP contribution < -0.4 is 10.6 Å². The first kappa shape index (κ1) is 16.0. The van der Waals surface area contributed by atoms with E-state index in [2.05, 4.69) is 20.5 Å². The van der Waals surface area contributed by atoms with Gasteiger partial charge in [-0.15, -0.1) is 0 Å². The zero-order valence-electron chi connectivity index (χ0n) is 13.3. The summed E-state index contributed by atoms with van der Waals surface area (Å²) in [5.74, 6) is -0.203. The normalized spacial score (nSPS) is 10.5. The third kappa shape index (κ3) is 4.86. The number of nitrogens with one attached hydrogen (secondary N) is 2. The Morgan fingerprint density at radius 3 is 2.64 bits per heavy atom. The van der Waals surface area contributed by atoms with E-state index < -0.39 is 0 Å². The van der Waals surface area contributed by atoms with E-state index in [1.165, 1.54) is 0 Å². The van der Waals surface area contributed by atoms with E-state index in [0.29, 0.717) is 5.69 Å². The van der Waals surface area contributed by atoms with Crippen LogP contribution in [0.4, 0.5) is 11.4 Å². The topological polar surface area (TPSA) is 57.3 Å². The Labute approximate surface area is 131 Å². The van der Waals surface area contributed by atoms with Crippen molar-refractivity contribution in [3.63, 3.8) is 0 Å². The highest BCUT2D eigenvalue weighted by Crippen LogP contribution is 2.12. The van der Waals surface area contributed by atoms with Crippen molar-refractivity contribution in [2.75, 3.05) is 37.8 Å². The molecule has 116 valence electrons. The highest BCUT2D eigenvalue weighted by molar-refractivity contribution is 6.02. The SMILES string of the molecule is Cc1cccc(NC(=O)c2ccc(NCCN(C)C)cn2)c1. The molecular formula is C17H22N4O. The molecule has 0 radical (unpaired) electrons. The van der Waals surface area contributed by atoms with Gasteiger partial charge in [-0.2, -0.15) is 0 Å². The monoisotopic (exact) mass is 298 g/mol. The third-order valence-electron chi connectivity index (χ3n) is 3.16. The average molecular weight is 298 g/mol. The largest absolute Gasteiger partial charge is 0.383 e. The first-order valence-electron chi connectivity index (χ1n) is 7.27. The van der Waals surface area contributed by atoms with Crippen molar-refractivity contribution in [3.8, 4) is 0 Å². The van der Waals surface area contributed by atoms with Crippen molar-refractivity contribution in [1.82, 2.24) is 9.88 Å². The Kier molecular flexibility index (Phi) is 5.49. The molecule has 5 heteroatoms. The molecule has 0 fully saturated rings. The molecule has 0 atom stereocenters. The Balaban J connectivity index is 1.93. The summed E-state index contributed by atoms with van der Waals surface area (Å²) in [6.45, 7) is 3.77. The molecule has 22 heavy (non-hydrogen) atoms. The van der Waals surface area contributed by atoms with Gasteiger partial charge in [0, 0.05) is 18.8 Å². The van der Waals surface area contributed by atoms with Crippen LogP contribution >= 0.6 is 0 Å². The molecule has 0 aliphatic rings. The van der Waals surface area contributed by atoms with E-state index in [1.807, 2.05) is 51.4 Å². The first-order valence-corrected chi connectivity index (χ1v) is 7.27. The van der Waals surface area contributed by atoms with E-state index in [1.54, 1.807) is 12.3 Å². The van der Waals surface area contributed by atoms with Crippen LogP contribution in [0.2, 0.25) is 0 Å². The van der Waals surface area contributed by atoms with E-state index in [4.69, 9.17) is 0 Å². The summed E-state index contributed by atoms with van der Waals surface area (Å²) < 4.78 is 0. The van der Waals surface area contributed by atoms with Gasteiger partial charge in [0.15, 0.2) is 0 Å². The van der Waals surface area contributed by atoms with Gasteiger partial charge in [0.05, 0.1) is 11.9 Å². The molecule has 0 saturated carbocycles. The molecule has 0 bridgehead atoms. The summed E-state index contributed by atoms with van der Waals surface area (Å²) in [4.78, 5) is 18.4. The number of likely N-dealkylation sites (N-methyl/N-ethyl adjacent to an activating group) is 1. The zero-order chi connectivity index (χ0) is 15.9. The molecule has 1 aromatic carbocycles. The lowest BCUT2D eigenvalue weighted by atomic mass is 10.2. The van der Waals surface area contributed by atoms with Gasteiger partial charge in [-0.25, -0.2) is 4.98 Å². The maximum Gasteiger partial charge on any atom is 0.274 e. The minimum atomic E-state index is -0.203. The number of nitrogens with zero attached hydrogens (tertiary/aromatic N) is 2. The number of pyridine rings is 1. The van der Waals surface area contributed by atoms with Crippen LogP contribution in [0.25, 0.3) is 0 Å². The second kappa shape index (κ2) is 7.56. The Hall–Kier alpha value is -2.40. The number of carbonyl (C=O) groups excluding carboxylic acids is 1. The molecule has 0 unspecified atom stereocenters. The number of carbonyl (C=O) groups is 1. The fraction of sp³-hybridized carbons (Fsp3) is 0.294. The van der Waals surface area contributed by atoms with E-state index in [9.17, 15) is 4.79 Å². The van der Waals surface area contributed by atoms with Gasteiger partial charge in [0.1, 0.15) is 5.69 Å². The Morgan fingerprint density at radius 2 is 2.00 bits per heavy atom. The summed E-state index contributed by atoms with van der Waals surface area (Å²) >= 11 is 0. The number of aryl methyl sites for hydroxylation is 1. The minimum Gasteiger partial charge on any atom is -0.383 e. The van der Waals surface area contributed by atoms with Crippen molar-refractivity contribution in [2.45, 2.75) is 6.92 Å². The molecule has 2 N–H and O–H groups in total. The van der Waals surface area contributed by atoms with Gasteiger partial charge in [0.2, 0.25) is 0 Å². The van der Waals surface area contributed by atoms with Crippen LogP contribution in [0.15, 0.2) is 42.6 Å². The minimum absolute atomic E-state index is 0.203. The van der Waals surface area contributed by atoms with Crippen LogP contribution in [-0.2, 0) is 0 Å². The van der Waals surface area contributed by atoms with Crippen LogP contribution in [0.3, 0.4) is 0 Å². The summed E-state index contributed by atoms with van der Waals surface area (Å²) in [6.07, 6.45) is 1.68. The predicted molar refractivity (Wildman–Crippen MR) is 90.4 cm³/mol. The molecule has 0 saturated heterocycles. The summed E-state index contributed by atoms with van der Waals surface area (Å²) in [7, 11) is 4.05. The molecule has 2 aromatic rings. The van der Waals surface area contributed by atoms with Crippen molar-refractivity contribution in [3.05, 3.63) is 53.9 Å². The van der Waals surface area contributed by atoms with Crippen LogP contribution in [0.1, 0.15) is 16.1 Å². The van der Waals surface area contributed by atoms with Crippen molar-refractivity contribution < 1.29 is 4.79 Å². The molecule has 1 amide bonds. The van der Waals surface area contributed by atoms with Gasteiger partial charge in [-0.05, 0) is 50.8 Å². The molecule has 2 rings (SSSR count). The molecule has 0 aliphatic carbocycles. The standard InChI is InChI=1S/C17H22N4O/c1-13-5-4-6-14(11-13)20-17(22)16-8-7-15(12-19-16)18-9-10-21(2)3/h4-8,11-12,18H,9-10H2,1-3H3,(H,20,22). The lowest BCUT2D eigenvalue weighted by Crippen LogP contribution is -2.21. The van der Waals surface area contributed by atoms with E-state index >= 15 is 0 Å². The van der Waals surface area contributed by atoms with Gasteiger partial charge in [0.25, 0.3) is 5.91 Å². The van der Waals surface area contributed by atoms with E-state index in [0.717, 1.165) is 30.0 Å². The van der Waals surface area contributed by atoms with Crippen molar-refractivity contribution >= 4 is 17.3 Å². The summed E-state index contributed by atoms with van der Waals surface area (Å²) in [5.41, 5.74) is 3.19. The maximum absolute atomic E-state index is 12.1. The first-order chi connectivity index (χ1) is 10.5. The number of hydrogen-bond acceptors (Lipinski definition) is 4. The molecule has 1 aromatic heterocycles. The van der Waals surface area contributed by atoms with Gasteiger partial charge < -0.3 is 15.5 Å². The third-order valence-corrected chi connectivity index (χ3v) is 3.16. The second-order valence-electron chi connectivity index (χ2n) is 5.49. The van der Waals surface area contributed by atoms with Gasteiger partial charge >= 0.3 is 0 Å². The average Bonchev–Trinajstić information content (AvgIpc) is 2.47. The number of anilines is 2. The number of amides is 1. The van der Waals surface area contributed by atoms with Gasteiger partial charge in [-0.1, -0.05) is 12.1 Å². The smallest absolute Gasteiger partial charge is 0.274 e. The van der Waals surface area contributed by atoms with Crippen LogP contribution in [0.5, 0.6) is 0 Å². The second-order valence-corrected chi connectivity index (χ2v) is 5.49. The quantitative estimate of drug-likeness (QED) is 0.861. The fourth-order valence-corrected chi connectivity index (χ4v) is 1.97. The molecule has 5 nitrogen and oxygen atoms in total. The fourth-order valence-electron chi connectivity index (χ4n) is 1.97. The summed E-state index contributed by atoms with van der Waals surface area (Å²) in [6, 6.07) is 11.3. The lowest BCUT2D eigenvalue weighted by Gasteiger charge is -2.11. The van der Waals surface area contributed by atoms with Crippen molar-refractivity contribution in [2.24, 2.45) is 0 Å². The van der Waals surface area contributed by atoms with Gasteiger partial charge in [-0.3, -0.25) is 4.79 Å². The molecule has 0 spiro atoms. The Bertz CT molecular complexity index is 623. The van der Waals surface area contributed by atoms with Crippen LogP contribution in [0, 0.1) is 6.92 Å². The lowest BCUT2D eigenvalue weighted by molar-refractivity contribution is 0.102. The molecule has 0 aliphatic heterocycles. The number of benzene rings is 1. The molecular weight excluding hydrogens is 276 g/mol. The van der Waals surface area contributed by atoms with Crippen molar-refractivity contribution in [1.29, 1.82) is 0 Å². The molecule has 1 heterocycles. The van der Waals surface area contributed by atoms with Crippen LogP contribution in [-0.4, -0.2) is 43.0 Å². The number of aromatic nitrogens is 1. The number of rotatable bonds is 6. The highest BCUT2D eigenvalue weighted by Gasteiger charge is 2.07. The summed E-state index contributed by atoms with van der Waals surface area (Å²) in [5, 5.41) is 6.11.